The molecule has 0 saturated heterocycles. The van der Waals surface area contributed by atoms with Gasteiger partial charge in [-0.15, -0.1) is 0 Å². The molecule has 0 aromatic heterocycles. The Kier molecular flexibility index (Phi) is 38.5. The van der Waals surface area contributed by atoms with E-state index >= 15 is 0 Å². The molecule has 0 heterocycles. The molecule has 1 fully saturated rings. The number of carbonyl (C=O) groups excluding carboxylic acids is 2. The van der Waals surface area contributed by atoms with Gasteiger partial charge in [-0.3, -0.25) is 18.6 Å². The van der Waals surface area contributed by atoms with E-state index in [0.717, 1.165) is 51.4 Å². The van der Waals surface area contributed by atoms with Gasteiger partial charge in [-0.2, -0.15) is 0 Å². The molecule has 0 aromatic carbocycles. The van der Waals surface area contributed by atoms with Gasteiger partial charge in [0.2, 0.25) is 0 Å². The molecule has 8 atom stereocenters. The molecule has 6 N–H and O–H groups in total. The third-order valence-electron chi connectivity index (χ3n) is 12.4. The smallest absolute Gasteiger partial charge is 0.462 e. The Balaban J connectivity index is 2.39. The summed E-state index contributed by atoms with van der Waals surface area (Å²) < 4.78 is 33.6. The lowest BCUT2D eigenvalue weighted by atomic mass is 9.85. The summed E-state index contributed by atoms with van der Waals surface area (Å²) in [5.74, 6) is -1.09. The number of rotatable bonds is 44. The van der Waals surface area contributed by atoms with Crippen molar-refractivity contribution in [1.82, 2.24) is 0 Å². The number of phosphoric acid groups is 1. The second-order valence-corrected chi connectivity index (χ2v) is 19.8. The predicted molar refractivity (Wildman–Crippen MR) is 254 cm³/mol. The van der Waals surface area contributed by atoms with E-state index in [1.807, 2.05) is 0 Å². The second kappa shape index (κ2) is 40.6. The lowest BCUT2D eigenvalue weighted by Gasteiger charge is -2.41. The molecule has 6 unspecified atom stereocenters. The van der Waals surface area contributed by atoms with Gasteiger partial charge < -0.3 is 39.9 Å². The summed E-state index contributed by atoms with van der Waals surface area (Å²) >= 11 is 0. The number of ether oxygens (including phenoxy) is 2. The standard InChI is InChI=1S/C50H95O13P/c1-3-5-7-9-11-13-15-17-19-21-23-25-27-29-31-33-35-37-39-44(52)62-42(41-61-64(58,59)63-50-48(56)46(54)45(53)47(55)49(50)57)40-60-43(51)38-36-34-32-30-28-26-24-22-20-18-16-14-12-10-8-6-4-2/h18,20,42,45-50,53-57H,3-17,19,21-41H2,1-2H3,(H,58,59)/b20-18-/t42-,45?,46-,47?,48?,49?,50?/m1/s1. The Morgan fingerprint density at radius 3 is 1.19 bits per heavy atom. The number of allylic oxidation sites excluding steroid dienone is 2. The molecular formula is C50H95O13P. The number of hydrogen-bond acceptors (Lipinski definition) is 12. The maximum absolute atomic E-state index is 12.8. The van der Waals surface area contributed by atoms with E-state index < -0.39 is 75.7 Å². The van der Waals surface area contributed by atoms with Gasteiger partial charge in [0.15, 0.2) is 6.10 Å². The summed E-state index contributed by atoms with van der Waals surface area (Å²) in [6.07, 6.45) is 31.1. The van der Waals surface area contributed by atoms with Crippen LogP contribution in [0.2, 0.25) is 0 Å². The lowest BCUT2D eigenvalue weighted by molar-refractivity contribution is -0.220. The largest absolute Gasteiger partial charge is 0.472 e. The molecule has 0 aromatic rings. The van der Waals surface area contributed by atoms with Gasteiger partial charge in [-0.1, -0.05) is 199 Å². The van der Waals surface area contributed by atoms with Gasteiger partial charge in [-0.05, 0) is 38.5 Å². The topological polar surface area (TPSA) is 210 Å². The molecule has 1 aliphatic carbocycles. The predicted octanol–water partition coefficient (Wildman–Crippen LogP) is 11.0. The number of hydrogen-bond donors (Lipinski definition) is 6. The van der Waals surface area contributed by atoms with Crippen LogP contribution >= 0.6 is 7.82 Å². The number of unbranched alkanes of at least 4 members (excludes halogenated alkanes) is 30. The molecule has 0 bridgehead atoms. The number of carbonyl (C=O) groups is 2. The van der Waals surface area contributed by atoms with Crippen molar-refractivity contribution in [2.45, 2.75) is 281 Å². The van der Waals surface area contributed by atoms with E-state index in [-0.39, 0.29) is 12.8 Å². The van der Waals surface area contributed by atoms with Crippen LogP contribution in [0.3, 0.4) is 0 Å². The first-order chi connectivity index (χ1) is 30.9. The average molecular weight is 935 g/mol. The zero-order chi connectivity index (χ0) is 47.1. The number of phosphoric ester groups is 1. The first-order valence-corrected chi connectivity index (χ1v) is 27.5. The van der Waals surface area contributed by atoms with Crippen molar-refractivity contribution >= 4 is 19.8 Å². The fourth-order valence-corrected chi connectivity index (χ4v) is 9.14. The van der Waals surface area contributed by atoms with Gasteiger partial charge in [-0.25, -0.2) is 4.57 Å². The van der Waals surface area contributed by atoms with Gasteiger partial charge >= 0.3 is 19.8 Å². The number of esters is 2. The molecule has 13 nitrogen and oxygen atoms in total. The van der Waals surface area contributed by atoms with Gasteiger partial charge in [0.05, 0.1) is 6.61 Å². The van der Waals surface area contributed by atoms with Gasteiger partial charge in [0.1, 0.15) is 43.2 Å². The van der Waals surface area contributed by atoms with E-state index in [0.29, 0.717) is 12.8 Å². The van der Waals surface area contributed by atoms with Crippen LogP contribution in [0.5, 0.6) is 0 Å². The Hall–Kier alpha value is -1.41. The number of aliphatic hydroxyl groups excluding tert-OH is 5. The van der Waals surface area contributed by atoms with Crippen molar-refractivity contribution < 1.29 is 63.1 Å². The van der Waals surface area contributed by atoms with Crippen molar-refractivity contribution in [2.75, 3.05) is 13.2 Å². The first kappa shape index (κ1) is 60.6. The van der Waals surface area contributed by atoms with Crippen molar-refractivity contribution in [3.05, 3.63) is 12.2 Å². The summed E-state index contributed by atoms with van der Waals surface area (Å²) in [5, 5.41) is 50.3. The molecule has 14 heteroatoms. The fraction of sp³-hybridized carbons (Fsp3) is 0.920. The molecule has 1 saturated carbocycles. The van der Waals surface area contributed by atoms with Crippen LogP contribution in [-0.2, 0) is 32.7 Å². The highest BCUT2D eigenvalue weighted by molar-refractivity contribution is 7.47. The third-order valence-corrected chi connectivity index (χ3v) is 13.3. The Morgan fingerprint density at radius 1 is 0.469 bits per heavy atom. The SMILES string of the molecule is CCCCCCCC/C=C\CCCCCCCCCC(=O)OC[C@H](COP(=O)(O)OC1C(O)C(O)C(O)[C@@H](O)C1O)OC(=O)CCCCCCCCCCCCCCCCCCCC. The molecule has 64 heavy (non-hydrogen) atoms. The Morgan fingerprint density at radius 2 is 0.797 bits per heavy atom. The van der Waals surface area contributed by atoms with E-state index in [9.17, 15) is 44.6 Å². The maximum Gasteiger partial charge on any atom is 0.472 e. The summed E-state index contributed by atoms with van der Waals surface area (Å²) in [7, 11) is -5.12. The van der Waals surface area contributed by atoms with E-state index in [2.05, 4.69) is 26.0 Å². The highest BCUT2D eigenvalue weighted by atomic mass is 31.2. The van der Waals surface area contributed by atoms with Gasteiger partial charge in [0, 0.05) is 12.8 Å². The molecule has 0 radical (unpaired) electrons. The normalized spacial score (nSPS) is 21.6. The molecule has 0 spiro atoms. The van der Waals surface area contributed by atoms with Gasteiger partial charge in [0.25, 0.3) is 0 Å². The minimum absolute atomic E-state index is 0.102. The van der Waals surface area contributed by atoms with E-state index in [1.54, 1.807) is 0 Å². The van der Waals surface area contributed by atoms with Crippen LogP contribution in [0.25, 0.3) is 0 Å². The highest BCUT2D eigenvalue weighted by Crippen LogP contribution is 2.47. The zero-order valence-electron chi connectivity index (χ0n) is 40.3. The van der Waals surface area contributed by atoms with Crippen LogP contribution in [-0.4, -0.2) is 98.3 Å². The minimum atomic E-state index is -5.12. The van der Waals surface area contributed by atoms with Crippen molar-refractivity contribution in [3.8, 4) is 0 Å². The lowest BCUT2D eigenvalue weighted by Crippen LogP contribution is -2.64. The number of aliphatic hydroxyl groups is 5. The van der Waals surface area contributed by atoms with Crippen molar-refractivity contribution in [2.24, 2.45) is 0 Å². The third kappa shape index (κ3) is 32.3. The maximum atomic E-state index is 12.8. The summed E-state index contributed by atoms with van der Waals surface area (Å²) in [6.45, 7) is 3.33. The van der Waals surface area contributed by atoms with E-state index in [1.165, 1.54) is 148 Å². The van der Waals surface area contributed by atoms with E-state index in [4.69, 9.17) is 18.5 Å². The van der Waals surface area contributed by atoms with Crippen LogP contribution in [0.1, 0.15) is 239 Å². The molecular weight excluding hydrogens is 840 g/mol. The molecule has 378 valence electrons. The quantitative estimate of drug-likeness (QED) is 0.0146. The molecule has 0 amide bonds. The molecule has 1 rings (SSSR count). The molecule has 0 aliphatic heterocycles. The Bertz CT molecular complexity index is 1170. The van der Waals surface area contributed by atoms with Crippen LogP contribution in [0, 0.1) is 0 Å². The van der Waals surface area contributed by atoms with Crippen LogP contribution < -0.4 is 0 Å². The summed E-state index contributed by atoms with van der Waals surface area (Å²) in [5.41, 5.74) is 0. The van der Waals surface area contributed by atoms with Crippen LogP contribution in [0.15, 0.2) is 12.2 Å². The average Bonchev–Trinajstić information content (AvgIpc) is 3.28. The fourth-order valence-electron chi connectivity index (χ4n) is 8.17. The monoisotopic (exact) mass is 935 g/mol. The highest BCUT2D eigenvalue weighted by Gasteiger charge is 2.51. The second-order valence-electron chi connectivity index (χ2n) is 18.4. The van der Waals surface area contributed by atoms with Crippen molar-refractivity contribution in [3.63, 3.8) is 0 Å². The summed E-state index contributed by atoms with van der Waals surface area (Å²) in [4.78, 5) is 35.8. The minimum Gasteiger partial charge on any atom is -0.462 e. The Labute approximate surface area is 388 Å². The van der Waals surface area contributed by atoms with Crippen LogP contribution in [0.4, 0.5) is 0 Å². The first-order valence-electron chi connectivity index (χ1n) is 26.0. The molecule has 1 aliphatic rings. The summed E-state index contributed by atoms with van der Waals surface area (Å²) in [6, 6.07) is 0. The zero-order valence-corrected chi connectivity index (χ0v) is 41.2. The van der Waals surface area contributed by atoms with Crippen molar-refractivity contribution in [1.29, 1.82) is 0 Å².